The molecule has 5 heteroatoms. The van der Waals surface area contributed by atoms with E-state index in [4.69, 9.17) is 0 Å². The predicted molar refractivity (Wildman–Crippen MR) is 126 cm³/mol. The molecule has 0 aliphatic heterocycles. The lowest BCUT2D eigenvalue weighted by molar-refractivity contribution is 0.249. The van der Waals surface area contributed by atoms with Gasteiger partial charge < -0.3 is 0 Å². The van der Waals surface area contributed by atoms with Gasteiger partial charge in [-0.1, -0.05) is 69.9 Å². The van der Waals surface area contributed by atoms with Gasteiger partial charge in [-0.05, 0) is 72.4 Å². The Hall–Kier alpha value is -2.17. The van der Waals surface area contributed by atoms with Gasteiger partial charge in [0.25, 0.3) is 0 Å². The van der Waals surface area contributed by atoms with Crippen LogP contribution >= 0.6 is 0 Å². The van der Waals surface area contributed by atoms with Gasteiger partial charge >= 0.3 is 0 Å². The number of rotatable bonds is 8. The molecule has 0 N–H and O–H groups in total. The van der Waals surface area contributed by atoms with E-state index < -0.39 is 34.6 Å². The molecule has 0 aromatic heterocycles. The normalized spacial score (nSPS) is 20.2. The molecule has 1 saturated carbocycles. The van der Waals surface area contributed by atoms with Gasteiger partial charge in [-0.15, -0.1) is 0 Å². The van der Waals surface area contributed by atoms with Crippen LogP contribution in [0.1, 0.15) is 82.3 Å². The number of hydrogen-bond acceptors (Lipinski definition) is 0. The molecule has 0 heterocycles. The molecule has 2 aliphatic carbocycles. The minimum Gasteiger partial charge on any atom is -0.206 e. The van der Waals surface area contributed by atoms with E-state index in [0.29, 0.717) is 36.1 Å². The highest BCUT2D eigenvalue weighted by atomic mass is 19.2. The second-order valence-corrected chi connectivity index (χ2v) is 10.1. The summed E-state index contributed by atoms with van der Waals surface area (Å²) < 4.78 is 70.6. The fraction of sp³-hybridized carbons (Fsp3) is 0.517. The standard InChI is InChI=1S/C29H33F5/c1-2-3-4-5-18-6-8-19(9-7-18)10-11-20-12-13-23-21(14-20)15-24(30)27(28(23)33)22-16-25(31)29(34)26(32)17-22/h12,15-19H,2-11,13-14H2,1H3. The summed E-state index contributed by atoms with van der Waals surface area (Å²) in [6.07, 6.45) is 15.4. The molecule has 0 bridgehead atoms. The molecule has 0 saturated heterocycles. The van der Waals surface area contributed by atoms with E-state index in [2.05, 4.69) is 6.92 Å². The van der Waals surface area contributed by atoms with E-state index in [1.54, 1.807) is 0 Å². The van der Waals surface area contributed by atoms with Gasteiger partial charge in [-0.3, -0.25) is 0 Å². The summed E-state index contributed by atoms with van der Waals surface area (Å²) in [5.41, 5.74) is 1.28. The molecule has 2 aliphatic rings. The molecule has 2 aromatic rings. The van der Waals surface area contributed by atoms with Gasteiger partial charge in [0.2, 0.25) is 0 Å². The summed E-state index contributed by atoms with van der Waals surface area (Å²) in [4.78, 5) is 0. The Labute approximate surface area is 199 Å². The highest BCUT2D eigenvalue weighted by Crippen LogP contribution is 2.38. The van der Waals surface area contributed by atoms with Gasteiger partial charge in [0, 0.05) is 0 Å². The van der Waals surface area contributed by atoms with Crippen molar-refractivity contribution in [3.63, 3.8) is 0 Å². The van der Waals surface area contributed by atoms with Crippen molar-refractivity contribution in [1.29, 1.82) is 0 Å². The fourth-order valence-electron chi connectivity index (χ4n) is 5.69. The number of benzene rings is 2. The van der Waals surface area contributed by atoms with E-state index in [1.165, 1.54) is 63.0 Å². The van der Waals surface area contributed by atoms with E-state index in [1.807, 2.05) is 6.08 Å². The number of allylic oxidation sites excluding steroid dienone is 2. The Morgan fingerprint density at radius 1 is 0.765 bits per heavy atom. The Bertz CT molecular complexity index is 1020. The SMILES string of the molecule is CCCCCC1CCC(CCC2=CCc3c(cc(F)c(-c4cc(F)c(F)c(F)c4)c3F)C2)CC1. The molecule has 0 unspecified atom stereocenters. The molecule has 4 rings (SSSR count). The average Bonchev–Trinajstić information content (AvgIpc) is 2.82. The molecule has 0 atom stereocenters. The molecule has 2 aromatic carbocycles. The van der Waals surface area contributed by atoms with Crippen molar-refractivity contribution in [3.8, 4) is 11.1 Å². The second kappa shape index (κ2) is 11.0. The van der Waals surface area contributed by atoms with Crippen LogP contribution in [-0.2, 0) is 12.8 Å². The lowest BCUT2D eigenvalue weighted by Gasteiger charge is -2.29. The van der Waals surface area contributed by atoms with Crippen molar-refractivity contribution in [2.45, 2.75) is 84.0 Å². The van der Waals surface area contributed by atoms with Crippen molar-refractivity contribution in [2.75, 3.05) is 0 Å². The Balaban J connectivity index is 1.38. The molecule has 0 radical (unpaired) electrons. The van der Waals surface area contributed by atoms with Crippen molar-refractivity contribution in [3.05, 3.63) is 70.1 Å². The Morgan fingerprint density at radius 3 is 2.06 bits per heavy atom. The highest BCUT2D eigenvalue weighted by molar-refractivity contribution is 5.67. The zero-order valence-corrected chi connectivity index (χ0v) is 19.8. The number of hydrogen-bond donors (Lipinski definition) is 0. The maximum absolute atomic E-state index is 15.2. The van der Waals surface area contributed by atoms with E-state index in [-0.39, 0.29) is 5.56 Å². The lowest BCUT2D eigenvalue weighted by Crippen LogP contribution is -2.15. The van der Waals surface area contributed by atoms with Gasteiger partial charge in [0.15, 0.2) is 17.5 Å². The third-order valence-corrected chi connectivity index (χ3v) is 7.75. The van der Waals surface area contributed by atoms with Gasteiger partial charge in [0.05, 0.1) is 5.56 Å². The van der Waals surface area contributed by atoms with Crippen LogP contribution in [0.25, 0.3) is 11.1 Å². The summed E-state index contributed by atoms with van der Waals surface area (Å²) in [6.45, 7) is 2.24. The molecule has 0 nitrogen and oxygen atoms in total. The quantitative estimate of drug-likeness (QED) is 0.154. The van der Waals surface area contributed by atoms with Gasteiger partial charge in [-0.25, -0.2) is 22.0 Å². The summed E-state index contributed by atoms with van der Waals surface area (Å²) in [6, 6.07) is 2.53. The van der Waals surface area contributed by atoms with Crippen LogP contribution in [0.2, 0.25) is 0 Å². The monoisotopic (exact) mass is 476 g/mol. The van der Waals surface area contributed by atoms with Gasteiger partial charge in [-0.2, -0.15) is 0 Å². The van der Waals surface area contributed by atoms with Crippen LogP contribution < -0.4 is 0 Å². The molecule has 34 heavy (non-hydrogen) atoms. The summed E-state index contributed by atoms with van der Waals surface area (Å²) in [7, 11) is 0. The average molecular weight is 477 g/mol. The second-order valence-electron chi connectivity index (χ2n) is 10.1. The van der Waals surface area contributed by atoms with Crippen LogP contribution in [0.5, 0.6) is 0 Å². The minimum atomic E-state index is -1.65. The summed E-state index contributed by atoms with van der Waals surface area (Å²) >= 11 is 0. The van der Waals surface area contributed by atoms with E-state index >= 15 is 4.39 Å². The minimum absolute atomic E-state index is 0.320. The van der Waals surface area contributed by atoms with E-state index in [0.717, 1.165) is 24.7 Å². The first kappa shape index (κ1) is 24.9. The first-order valence-corrected chi connectivity index (χ1v) is 12.7. The van der Waals surface area contributed by atoms with Crippen molar-refractivity contribution >= 4 is 0 Å². The Morgan fingerprint density at radius 2 is 1.41 bits per heavy atom. The third kappa shape index (κ3) is 5.55. The maximum atomic E-state index is 15.2. The topological polar surface area (TPSA) is 0 Å². The van der Waals surface area contributed by atoms with Crippen LogP contribution in [0.4, 0.5) is 22.0 Å². The maximum Gasteiger partial charge on any atom is 0.194 e. The zero-order chi connectivity index (χ0) is 24.2. The molecule has 1 fully saturated rings. The van der Waals surface area contributed by atoms with Gasteiger partial charge in [0.1, 0.15) is 11.6 Å². The first-order valence-electron chi connectivity index (χ1n) is 12.7. The number of halogens is 5. The lowest BCUT2D eigenvalue weighted by atomic mass is 9.77. The molecular weight excluding hydrogens is 443 g/mol. The van der Waals surface area contributed by atoms with E-state index in [9.17, 15) is 17.6 Å². The van der Waals surface area contributed by atoms with Crippen molar-refractivity contribution in [2.24, 2.45) is 11.8 Å². The molecule has 184 valence electrons. The van der Waals surface area contributed by atoms with Crippen LogP contribution in [0.3, 0.4) is 0 Å². The van der Waals surface area contributed by atoms with Crippen LogP contribution in [0, 0.1) is 40.9 Å². The Kier molecular flexibility index (Phi) is 8.10. The van der Waals surface area contributed by atoms with Crippen LogP contribution in [0.15, 0.2) is 29.8 Å². The van der Waals surface area contributed by atoms with Crippen molar-refractivity contribution < 1.29 is 22.0 Å². The number of fused-ring (bicyclic) bond motifs is 1. The predicted octanol–water partition coefficient (Wildman–Crippen LogP) is 9.24. The fourth-order valence-corrected chi connectivity index (χ4v) is 5.69. The largest absolute Gasteiger partial charge is 0.206 e. The molecule has 0 amide bonds. The van der Waals surface area contributed by atoms with Crippen LogP contribution in [-0.4, -0.2) is 0 Å². The third-order valence-electron chi connectivity index (χ3n) is 7.75. The molecular formula is C29H33F5. The number of unbranched alkanes of at least 4 members (excludes halogenated alkanes) is 2. The molecule has 0 spiro atoms. The first-order chi connectivity index (χ1) is 16.4. The smallest absolute Gasteiger partial charge is 0.194 e. The highest BCUT2D eigenvalue weighted by Gasteiger charge is 2.25. The summed E-state index contributed by atoms with van der Waals surface area (Å²) in [5.74, 6) is -4.69. The summed E-state index contributed by atoms with van der Waals surface area (Å²) in [5, 5.41) is 0. The van der Waals surface area contributed by atoms with Crippen molar-refractivity contribution in [1.82, 2.24) is 0 Å². The zero-order valence-electron chi connectivity index (χ0n) is 19.8.